The lowest BCUT2D eigenvalue weighted by Gasteiger charge is -2.64. The molecule has 0 bridgehead atoms. The van der Waals surface area contributed by atoms with Crippen LogP contribution >= 0.6 is 0 Å². The lowest BCUT2D eigenvalue weighted by Crippen LogP contribution is -2.68. The Morgan fingerprint density at radius 3 is 2.66 bits per heavy atom. The van der Waals surface area contributed by atoms with Crippen LogP contribution in [-0.4, -0.2) is 44.4 Å². The topological polar surface area (TPSA) is 82.5 Å². The summed E-state index contributed by atoms with van der Waals surface area (Å²) in [6.07, 6.45) is 4.51. The van der Waals surface area contributed by atoms with Crippen LogP contribution in [0.15, 0.2) is 35.9 Å². The van der Waals surface area contributed by atoms with E-state index in [9.17, 15) is 15.0 Å². The van der Waals surface area contributed by atoms with Gasteiger partial charge in [0, 0.05) is 27.4 Å². The molecule has 6 atom stereocenters. The summed E-state index contributed by atoms with van der Waals surface area (Å²) in [6.45, 7) is 7.77. The number of ether oxygens (including phenoxy) is 1. The van der Waals surface area contributed by atoms with Crippen molar-refractivity contribution >= 4 is 16.7 Å². The molecule has 0 saturated heterocycles. The molecule has 6 rings (SSSR count). The smallest absolute Gasteiger partial charge is 0.187 e. The number of benzene rings is 1. The lowest BCUT2D eigenvalue weighted by molar-refractivity contribution is -0.195. The first-order valence-corrected chi connectivity index (χ1v) is 12.0. The minimum absolute atomic E-state index is 0.226. The number of para-hydroxylation sites is 1. The van der Waals surface area contributed by atoms with Crippen molar-refractivity contribution in [2.45, 2.75) is 88.6 Å². The van der Waals surface area contributed by atoms with Crippen LogP contribution in [0.1, 0.15) is 64.6 Å². The number of aliphatic hydroxyl groups is 2. The molecule has 1 aromatic heterocycles. The van der Waals surface area contributed by atoms with Crippen LogP contribution in [0.3, 0.4) is 0 Å². The van der Waals surface area contributed by atoms with E-state index < -0.39 is 22.7 Å². The molecule has 0 radical (unpaired) electrons. The molecule has 3 N–H and O–H groups in total. The molecule has 3 aliphatic carbocycles. The summed E-state index contributed by atoms with van der Waals surface area (Å²) in [5, 5.41) is 24.1. The zero-order chi connectivity index (χ0) is 22.7. The van der Waals surface area contributed by atoms with E-state index >= 15 is 0 Å². The molecule has 1 unspecified atom stereocenters. The number of carbonyl (C=O) groups is 1. The molecular formula is C27H33NO4. The summed E-state index contributed by atoms with van der Waals surface area (Å²) in [4.78, 5) is 16.7. The average Bonchev–Trinajstić information content (AvgIpc) is 3.24. The third kappa shape index (κ3) is 2.27. The van der Waals surface area contributed by atoms with E-state index in [0.717, 1.165) is 36.8 Å². The van der Waals surface area contributed by atoms with Crippen molar-refractivity contribution in [3.8, 4) is 0 Å². The van der Waals surface area contributed by atoms with Crippen molar-refractivity contribution in [3.63, 3.8) is 0 Å². The van der Waals surface area contributed by atoms with Gasteiger partial charge in [-0.05, 0) is 75.1 Å². The van der Waals surface area contributed by atoms with E-state index in [2.05, 4.69) is 43.1 Å². The Labute approximate surface area is 188 Å². The fourth-order valence-electron chi connectivity index (χ4n) is 7.82. The van der Waals surface area contributed by atoms with E-state index in [1.54, 1.807) is 19.9 Å². The highest BCUT2D eigenvalue weighted by atomic mass is 16.5. The van der Waals surface area contributed by atoms with Gasteiger partial charge in [0.05, 0.1) is 17.3 Å². The largest absolute Gasteiger partial charge is 0.387 e. The molecule has 2 aromatic rings. The molecule has 1 aliphatic heterocycles. The number of H-pyrrole nitrogens is 1. The Kier molecular flexibility index (Phi) is 3.96. The van der Waals surface area contributed by atoms with Crippen LogP contribution in [0.5, 0.6) is 0 Å². The minimum Gasteiger partial charge on any atom is -0.387 e. The summed E-state index contributed by atoms with van der Waals surface area (Å²) in [7, 11) is 0. The van der Waals surface area contributed by atoms with Crippen molar-refractivity contribution in [3.05, 3.63) is 47.2 Å². The predicted molar refractivity (Wildman–Crippen MR) is 122 cm³/mol. The quantitative estimate of drug-likeness (QED) is 0.633. The highest BCUT2D eigenvalue weighted by molar-refractivity contribution is 5.96. The zero-order valence-electron chi connectivity index (χ0n) is 19.4. The Balaban J connectivity index is 1.50. The fraction of sp³-hybridized carbons (Fsp3) is 0.593. The number of hydrogen-bond acceptors (Lipinski definition) is 4. The van der Waals surface area contributed by atoms with Gasteiger partial charge in [-0.25, -0.2) is 0 Å². The molecule has 32 heavy (non-hydrogen) atoms. The van der Waals surface area contributed by atoms with Crippen molar-refractivity contribution in [1.82, 2.24) is 4.98 Å². The molecule has 0 amide bonds. The summed E-state index contributed by atoms with van der Waals surface area (Å²) in [5.41, 5.74) is 1.53. The van der Waals surface area contributed by atoms with Gasteiger partial charge in [0.15, 0.2) is 5.78 Å². The molecule has 5 heteroatoms. The van der Waals surface area contributed by atoms with Crippen LogP contribution in [0.25, 0.3) is 10.9 Å². The van der Waals surface area contributed by atoms with Gasteiger partial charge in [-0.3, -0.25) is 4.79 Å². The Morgan fingerprint density at radius 1 is 1.16 bits per heavy atom. The number of nitrogens with one attached hydrogen (secondary N) is 1. The normalized spacial score (nSPS) is 41.0. The molecule has 2 fully saturated rings. The van der Waals surface area contributed by atoms with E-state index in [-0.39, 0.29) is 17.3 Å². The van der Waals surface area contributed by atoms with Gasteiger partial charge in [-0.2, -0.15) is 0 Å². The lowest BCUT2D eigenvalue weighted by atomic mass is 9.42. The summed E-state index contributed by atoms with van der Waals surface area (Å²) < 4.78 is 6.15. The maximum absolute atomic E-state index is 13.0. The van der Waals surface area contributed by atoms with Gasteiger partial charge < -0.3 is 19.9 Å². The van der Waals surface area contributed by atoms with Gasteiger partial charge in [0.1, 0.15) is 6.10 Å². The predicted octanol–water partition coefficient (Wildman–Crippen LogP) is 3.96. The highest BCUT2D eigenvalue weighted by Crippen LogP contribution is 2.69. The molecule has 0 spiro atoms. The Hall–Kier alpha value is -1.95. The fourth-order valence-corrected chi connectivity index (χ4v) is 7.82. The standard InChI is InChI=1S/C27H33NO4/c1-24(2,30)23-20(29)14-18-21(32-23)10-11-25(3)26(4)15(9-12-27(18,25)31)13-17-16-7-5-6-8-19(16)28-22(17)26/h5-8,14-15,21,23,28,30-31H,9-13H2,1-4H3/t15-,21-,23?,25+,26+,27+/m0/s1. The number of ketones is 1. The van der Waals surface area contributed by atoms with Crippen molar-refractivity contribution in [2.24, 2.45) is 11.3 Å². The summed E-state index contributed by atoms with van der Waals surface area (Å²) in [6, 6.07) is 8.49. The molecule has 2 heterocycles. The second-order valence-electron chi connectivity index (χ2n) is 11.6. The number of aromatic nitrogens is 1. The average molecular weight is 436 g/mol. The van der Waals surface area contributed by atoms with Gasteiger partial charge in [0.25, 0.3) is 0 Å². The zero-order valence-corrected chi connectivity index (χ0v) is 19.4. The number of rotatable bonds is 1. The van der Waals surface area contributed by atoms with Crippen LogP contribution in [0, 0.1) is 11.3 Å². The molecule has 2 saturated carbocycles. The SMILES string of the molecule is CC(C)(O)C1O[C@H]2CC[C@@]3(C)[C@@](O)(CC[C@H]4Cc5c([nH]c6ccccc56)[C@@]43C)C2=CC1=O. The van der Waals surface area contributed by atoms with Gasteiger partial charge in [0.2, 0.25) is 0 Å². The maximum atomic E-state index is 13.0. The van der Waals surface area contributed by atoms with Gasteiger partial charge in [-0.15, -0.1) is 0 Å². The molecule has 170 valence electrons. The molecular weight excluding hydrogens is 402 g/mol. The maximum Gasteiger partial charge on any atom is 0.187 e. The van der Waals surface area contributed by atoms with Crippen molar-refractivity contribution < 1.29 is 19.7 Å². The van der Waals surface area contributed by atoms with Crippen LogP contribution in [0.2, 0.25) is 0 Å². The van der Waals surface area contributed by atoms with Gasteiger partial charge in [-0.1, -0.05) is 32.0 Å². The van der Waals surface area contributed by atoms with E-state index in [1.807, 2.05) is 0 Å². The van der Waals surface area contributed by atoms with Crippen molar-refractivity contribution in [1.29, 1.82) is 0 Å². The van der Waals surface area contributed by atoms with Crippen LogP contribution < -0.4 is 0 Å². The third-order valence-corrected chi connectivity index (χ3v) is 9.74. The first-order valence-electron chi connectivity index (χ1n) is 12.0. The Bertz CT molecular complexity index is 1170. The minimum atomic E-state index is -1.25. The van der Waals surface area contributed by atoms with E-state index in [0.29, 0.717) is 12.3 Å². The highest BCUT2D eigenvalue weighted by Gasteiger charge is 2.70. The van der Waals surface area contributed by atoms with Crippen LogP contribution in [0.4, 0.5) is 0 Å². The summed E-state index contributed by atoms with van der Waals surface area (Å²) in [5.74, 6) is 0.214. The third-order valence-electron chi connectivity index (χ3n) is 9.74. The number of aromatic amines is 1. The second-order valence-corrected chi connectivity index (χ2v) is 11.6. The monoisotopic (exact) mass is 435 g/mol. The molecule has 4 aliphatic rings. The van der Waals surface area contributed by atoms with Crippen molar-refractivity contribution in [2.75, 3.05) is 0 Å². The van der Waals surface area contributed by atoms with E-state index in [4.69, 9.17) is 4.74 Å². The number of fused-ring (bicyclic) bond motifs is 9. The Morgan fingerprint density at radius 2 is 1.91 bits per heavy atom. The number of hydrogen-bond donors (Lipinski definition) is 3. The molecule has 1 aromatic carbocycles. The summed E-state index contributed by atoms with van der Waals surface area (Å²) >= 11 is 0. The first kappa shape index (κ1) is 20.6. The molecule has 5 nitrogen and oxygen atoms in total. The first-order chi connectivity index (χ1) is 15.0. The number of carbonyl (C=O) groups excluding carboxylic acids is 1. The van der Waals surface area contributed by atoms with Crippen LogP contribution in [-0.2, 0) is 21.4 Å². The second kappa shape index (κ2) is 6.13. The van der Waals surface area contributed by atoms with E-state index in [1.165, 1.54) is 16.6 Å². The van der Waals surface area contributed by atoms with Gasteiger partial charge >= 0.3 is 0 Å².